The maximum atomic E-state index is 8.84. The van der Waals surface area contributed by atoms with Gasteiger partial charge in [-0.1, -0.05) is 6.08 Å². The summed E-state index contributed by atoms with van der Waals surface area (Å²) in [6.07, 6.45) is 1.86. The Morgan fingerprint density at radius 1 is 1.54 bits per heavy atom. The van der Waals surface area contributed by atoms with Crippen LogP contribution in [0.2, 0.25) is 0 Å². The van der Waals surface area contributed by atoms with Gasteiger partial charge in [0.15, 0.2) is 0 Å². The highest BCUT2D eigenvalue weighted by Crippen LogP contribution is 2.04. The Morgan fingerprint density at radius 2 is 2.15 bits per heavy atom. The molecule has 0 aromatic heterocycles. The minimum Gasteiger partial charge on any atom is -0.395 e. The molecule has 0 aliphatic carbocycles. The van der Waals surface area contributed by atoms with Gasteiger partial charge in [0.05, 0.1) is 6.61 Å². The fourth-order valence-electron chi connectivity index (χ4n) is 1.20. The van der Waals surface area contributed by atoms with Crippen molar-refractivity contribution in [2.75, 3.05) is 33.3 Å². The number of aliphatic hydroxyl groups excluding tert-OH is 1. The lowest BCUT2D eigenvalue weighted by molar-refractivity contribution is 0.175. The number of hydrogen-bond acceptors (Lipinski definition) is 3. The summed E-state index contributed by atoms with van der Waals surface area (Å²) in [6, 6.07) is 0. The predicted molar refractivity (Wildman–Crippen MR) is 56.9 cm³/mol. The molecule has 0 aromatic carbocycles. The first-order valence-corrected chi connectivity index (χ1v) is 4.68. The van der Waals surface area contributed by atoms with Crippen LogP contribution >= 0.6 is 0 Å². The third kappa shape index (κ3) is 5.80. The Balaban J connectivity index is 3.99. The summed E-state index contributed by atoms with van der Waals surface area (Å²) in [6.45, 7) is 10.6. The average Bonchev–Trinajstić information content (AvgIpc) is 2.05. The van der Waals surface area contributed by atoms with Gasteiger partial charge in [-0.3, -0.25) is 4.90 Å². The van der Waals surface area contributed by atoms with Gasteiger partial charge in [0, 0.05) is 25.2 Å². The van der Waals surface area contributed by atoms with E-state index in [0.717, 1.165) is 13.1 Å². The van der Waals surface area contributed by atoms with E-state index < -0.39 is 0 Å². The molecule has 0 radical (unpaired) electrons. The fourth-order valence-corrected chi connectivity index (χ4v) is 1.20. The Kier molecular flexibility index (Phi) is 5.95. The first kappa shape index (κ1) is 12.6. The molecule has 78 valence electrons. The van der Waals surface area contributed by atoms with Crippen LogP contribution in [0.25, 0.3) is 0 Å². The minimum absolute atomic E-state index is 0.0815. The molecule has 13 heavy (non-hydrogen) atoms. The van der Waals surface area contributed by atoms with Crippen LogP contribution in [0.5, 0.6) is 0 Å². The van der Waals surface area contributed by atoms with Crippen LogP contribution in [-0.4, -0.2) is 48.8 Å². The smallest absolute Gasteiger partial charge is 0.0558 e. The molecule has 0 aromatic rings. The van der Waals surface area contributed by atoms with Gasteiger partial charge < -0.3 is 10.4 Å². The Bertz CT molecular complexity index is 146. The van der Waals surface area contributed by atoms with Crippen LogP contribution < -0.4 is 5.32 Å². The highest BCUT2D eigenvalue weighted by Gasteiger charge is 2.18. The topological polar surface area (TPSA) is 35.5 Å². The molecule has 0 saturated carbocycles. The molecule has 0 fully saturated rings. The lowest BCUT2D eigenvalue weighted by atomic mass is 10.1. The van der Waals surface area contributed by atoms with Crippen molar-refractivity contribution in [3.63, 3.8) is 0 Å². The lowest BCUT2D eigenvalue weighted by Crippen LogP contribution is -2.48. The first-order chi connectivity index (χ1) is 6.05. The zero-order valence-corrected chi connectivity index (χ0v) is 9.01. The van der Waals surface area contributed by atoms with Gasteiger partial charge in [0.1, 0.15) is 0 Å². The summed E-state index contributed by atoms with van der Waals surface area (Å²) < 4.78 is 0. The standard InChI is InChI=1S/C10H22N2O/c1-5-6-12(7-8-13)9-10(2,3)11-4/h5,11,13H,1,6-9H2,2-4H3. The molecule has 0 saturated heterocycles. The second-order valence-corrected chi connectivity index (χ2v) is 3.88. The summed E-state index contributed by atoms with van der Waals surface area (Å²) in [5.74, 6) is 0. The molecule has 0 atom stereocenters. The average molecular weight is 186 g/mol. The van der Waals surface area contributed by atoms with Crippen LogP contribution in [0.3, 0.4) is 0 Å². The van der Waals surface area contributed by atoms with Crippen molar-refractivity contribution in [3.8, 4) is 0 Å². The van der Waals surface area contributed by atoms with Crippen LogP contribution in [0.15, 0.2) is 12.7 Å². The highest BCUT2D eigenvalue weighted by atomic mass is 16.3. The molecule has 3 nitrogen and oxygen atoms in total. The molecule has 0 bridgehead atoms. The van der Waals surface area contributed by atoms with Gasteiger partial charge in [-0.25, -0.2) is 0 Å². The number of rotatable bonds is 7. The van der Waals surface area contributed by atoms with E-state index in [-0.39, 0.29) is 12.1 Å². The number of likely N-dealkylation sites (N-methyl/N-ethyl adjacent to an activating group) is 1. The molecule has 0 aliphatic rings. The van der Waals surface area contributed by atoms with Crippen LogP contribution in [0, 0.1) is 0 Å². The van der Waals surface area contributed by atoms with Crippen molar-refractivity contribution < 1.29 is 5.11 Å². The summed E-state index contributed by atoms with van der Waals surface area (Å²) >= 11 is 0. The van der Waals surface area contributed by atoms with Crippen molar-refractivity contribution in [3.05, 3.63) is 12.7 Å². The van der Waals surface area contributed by atoms with Gasteiger partial charge in [0.25, 0.3) is 0 Å². The first-order valence-electron chi connectivity index (χ1n) is 4.68. The van der Waals surface area contributed by atoms with Crippen LogP contribution in [0.4, 0.5) is 0 Å². The van der Waals surface area contributed by atoms with E-state index in [9.17, 15) is 0 Å². The Hall–Kier alpha value is -0.380. The molecule has 2 N–H and O–H groups in total. The minimum atomic E-state index is 0.0815. The third-order valence-electron chi connectivity index (χ3n) is 2.10. The van der Waals surface area contributed by atoms with Crippen molar-refractivity contribution in [2.24, 2.45) is 0 Å². The van der Waals surface area contributed by atoms with Gasteiger partial charge >= 0.3 is 0 Å². The van der Waals surface area contributed by atoms with Crippen molar-refractivity contribution in [1.29, 1.82) is 0 Å². The molecular formula is C10H22N2O. The van der Waals surface area contributed by atoms with E-state index in [1.165, 1.54) is 0 Å². The summed E-state index contributed by atoms with van der Waals surface area (Å²) in [5.41, 5.74) is 0.0815. The summed E-state index contributed by atoms with van der Waals surface area (Å²) in [7, 11) is 1.95. The van der Waals surface area contributed by atoms with Crippen LogP contribution in [0.1, 0.15) is 13.8 Å². The van der Waals surface area contributed by atoms with E-state index in [0.29, 0.717) is 6.54 Å². The molecular weight excluding hydrogens is 164 g/mol. The van der Waals surface area contributed by atoms with Crippen molar-refractivity contribution in [2.45, 2.75) is 19.4 Å². The molecule has 0 unspecified atom stereocenters. The van der Waals surface area contributed by atoms with E-state index in [1.54, 1.807) is 0 Å². The van der Waals surface area contributed by atoms with E-state index in [4.69, 9.17) is 5.11 Å². The largest absolute Gasteiger partial charge is 0.395 e. The lowest BCUT2D eigenvalue weighted by Gasteiger charge is -2.31. The van der Waals surface area contributed by atoms with Gasteiger partial charge in [0.2, 0.25) is 0 Å². The zero-order valence-electron chi connectivity index (χ0n) is 9.01. The van der Waals surface area contributed by atoms with Crippen molar-refractivity contribution in [1.82, 2.24) is 10.2 Å². The van der Waals surface area contributed by atoms with E-state index in [1.807, 2.05) is 13.1 Å². The summed E-state index contributed by atoms with van der Waals surface area (Å²) in [5, 5.41) is 12.1. The van der Waals surface area contributed by atoms with E-state index in [2.05, 4.69) is 30.6 Å². The summed E-state index contributed by atoms with van der Waals surface area (Å²) in [4.78, 5) is 2.17. The molecule has 0 heterocycles. The van der Waals surface area contributed by atoms with Gasteiger partial charge in [-0.15, -0.1) is 6.58 Å². The maximum Gasteiger partial charge on any atom is 0.0558 e. The zero-order chi connectivity index (χ0) is 10.3. The van der Waals surface area contributed by atoms with Gasteiger partial charge in [-0.2, -0.15) is 0 Å². The van der Waals surface area contributed by atoms with Gasteiger partial charge in [-0.05, 0) is 20.9 Å². The Morgan fingerprint density at radius 3 is 2.54 bits per heavy atom. The molecule has 3 heteroatoms. The number of nitrogens with one attached hydrogen (secondary N) is 1. The number of aliphatic hydroxyl groups is 1. The normalized spacial score (nSPS) is 12.1. The second kappa shape index (κ2) is 6.13. The number of nitrogens with zero attached hydrogens (tertiary/aromatic N) is 1. The quantitative estimate of drug-likeness (QED) is 0.567. The predicted octanol–water partition coefficient (Wildman–Crippen LogP) is 0.465. The number of hydrogen-bond donors (Lipinski definition) is 2. The fraction of sp³-hybridized carbons (Fsp3) is 0.800. The molecule has 0 rings (SSSR count). The van der Waals surface area contributed by atoms with Crippen molar-refractivity contribution >= 4 is 0 Å². The monoisotopic (exact) mass is 186 g/mol. The second-order valence-electron chi connectivity index (χ2n) is 3.88. The van der Waals surface area contributed by atoms with E-state index >= 15 is 0 Å². The maximum absolute atomic E-state index is 8.84. The third-order valence-corrected chi connectivity index (χ3v) is 2.10. The van der Waals surface area contributed by atoms with Crippen LogP contribution in [-0.2, 0) is 0 Å². The highest BCUT2D eigenvalue weighted by molar-refractivity contribution is 4.83. The molecule has 0 spiro atoms. The SMILES string of the molecule is C=CCN(CCO)CC(C)(C)NC. The molecule has 0 aliphatic heterocycles. The Labute approximate surface area is 81.4 Å². The molecule has 0 amide bonds.